The van der Waals surface area contributed by atoms with Crippen LogP contribution in [-0.4, -0.2) is 47.9 Å². The Morgan fingerprint density at radius 1 is 1.19 bits per heavy atom. The van der Waals surface area contributed by atoms with Gasteiger partial charge in [0.25, 0.3) is 0 Å². The Morgan fingerprint density at radius 3 is 2.52 bits per heavy atom. The summed E-state index contributed by atoms with van der Waals surface area (Å²) in [5, 5.41) is 11.2. The summed E-state index contributed by atoms with van der Waals surface area (Å²) in [6, 6.07) is 3.80. The van der Waals surface area contributed by atoms with Crippen LogP contribution in [0.25, 0.3) is 11.4 Å². The molecule has 2 aromatic rings. The Bertz CT molecular complexity index is 764. The van der Waals surface area contributed by atoms with Crippen LogP contribution >= 0.6 is 0 Å². The lowest BCUT2D eigenvalue weighted by Crippen LogP contribution is -2.11. The number of rotatable bonds is 10. The van der Waals surface area contributed by atoms with Gasteiger partial charge < -0.3 is 19.2 Å². The number of aromatic nitrogens is 2. The predicted molar refractivity (Wildman–Crippen MR) is 88.5 cm³/mol. The number of nitro groups is 1. The van der Waals surface area contributed by atoms with E-state index in [9.17, 15) is 23.3 Å². The van der Waals surface area contributed by atoms with Gasteiger partial charge in [-0.25, -0.2) is 4.98 Å². The van der Waals surface area contributed by atoms with E-state index in [1.165, 1.54) is 12.1 Å². The maximum Gasteiger partial charge on any atom is 0.432 e. The first-order chi connectivity index (χ1) is 12.8. The summed E-state index contributed by atoms with van der Waals surface area (Å²) in [6.45, 7) is 3.54. The molecule has 11 heteroatoms. The highest BCUT2D eigenvalue weighted by Gasteiger charge is 2.33. The molecule has 0 spiro atoms. The van der Waals surface area contributed by atoms with E-state index in [0.29, 0.717) is 26.0 Å². The van der Waals surface area contributed by atoms with E-state index in [4.69, 9.17) is 14.2 Å². The van der Waals surface area contributed by atoms with Crippen LogP contribution in [0.15, 0.2) is 24.4 Å². The molecule has 0 radical (unpaired) electrons. The van der Waals surface area contributed by atoms with Crippen LogP contribution in [0.5, 0.6) is 5.75 Å². The fraction of sp³-hybridized carbons (Fsp3) is 0.438. The normalized spacial score (nSPS) is 11.6. The van der Waals surface area contributed by atoms with Gasteiger partial charge in [0.2, 0.25) is 0 Å². The van der Waals surface area contributed by atoms with Crippen molar-refractivity contribution in [3.8, 4) is 17.1 Å². The molecule has 1 aromatic carbocycles. The highest BCUT2D eigenvalue weighted by molar-refractivity contribution is 5.63. The molecule has 2 rings (SSSR count). The average Bonchev–Trinajstić information content (AvgIpc) is 3.11. The van der Waals surface area contributed by atoms with Crippen LogP contribution in [0.2, 0.25) is 0 Å². The topological polar surface area (TPSA) is 99.5 Å². The van der Waals surface area contributed by atoms with Crippen LogP contribution in [0.4, 0.5) is 18.9 Å². The molecule has 0 unspecified atom stereocenters. The molecule has 0 atom stereocenters. The van der Waals surface area contributed by atoms with Crippen molar-refractivity contribution in [1.29, 1.82) is 0 Å². The molecule has 1 aromatic heterocycles. The summed E-state index contributed by atoms with van der Waals surface area (Å²) in [4.78, 5) is 16.3. The zero-order chi connectivity index (χ0) is 19.9. The highest BCUT2D eigenvalue weighted by atomic mass is 19.4. The van der Waals surface area contributed by atoms with E-state index < -0.39 is 16.8 Å². The number of nitrogens with zero attached hydrogens (tertiary/aromatic N) is 2. The number of hydrogen-bond acceptors (Lipinski definition) is 6. The van der Waals surface area contributed by atoms with Crippen molar-refractivity contribution in [2.24, 2.45) is 0 Å². The number of benzene rings is 1. The number of aromatic amines is 1. The van der Waals surface area contributed by atoms with E-state index in [-0.39, 0.29) is 36.0 Å². The van der Waals surface area contributed by atoms with Crippen molar-refractivity contribution in [3.05, 3.63) is 40.2 Å². The van der Waals surface area contributed by atoms with Crippen molar-refractivity contribution < 1.29 is 32.3 Å². The fourth-order valence-corrected chi connectivity index (χ4v) is 2.12. The zero-order valence-electron chi connectivity index (χ0n) is 14.4. The van der Waals surface area contributed by atoms with E-state index in [2.05, 4.69) is 9.97 Å². The number of hydrogen-bond donors (Lipinski definition) is 1. The molecule has 0 aliphatic carbocycles. The lowest BCUT2D eigenvalue weighted by molar-refractivity contribution is -0.385. The molecule has 0 amide bonds. The fourth-order valence-electron chi connectivity index (χ4n) is 2.12. The molecule has 1 N–H and O–H groups in total. The van der Waals surface area contributed by atoms with Gasteiger partial charge in [-0.05, 0) is 19.1 Å². The van der Waals surface area contributed by atoms with Crippen LogP contribution < -0.4 is 4.74 Å². The molecule has 0 saturated carbocycles. The third-order valence-electron chi connectivity index (χ3n) is 3.37. The van der Waals surface area contributed by atoms with Gasteiger partial charge in [-0.15, -0.1) is 0 Å². The van der Waals surface area contributed by atoms with Gasteiger partial charge >= 0.3 is 11.9 Å². The Balaban J connectivity index is 2.04. The zero-order valence-corrected chi connectivity index (χ0v) is 14.4. The smallest absolute Gasteiger partial charge is 0.432 e. The summed E-state index contributed by atoms with van der Waals surface area (Å²) in [5.41, 5.74) is -1.28. The third-order valence-corrected chi connectivity index (χ3v) is 3.37. The average molecular weight is 389 g/mol. The predicted octanol–water partition coefficient (Wildman–Crippen LogP) is 3.44. The van der Waals surface area contributed by atoms with Crippen LogP contribution in [0.3, 0.4) is 0 Å². The van der Waals surface area contributed by atoms with E-state index in [1.54, 1.807) is 0 Å². The first-order valence-electron chi connectivity index (χ1n) is 8.02. The molecular formula is C16H18F3N3O5. The van der Waals surface area contributed by atoms with Crippen molar-refractivity contribution in [2.75, 3.05) is 33.0 Å². The third kappa shape index (κ3) is 5.93. The second kappa shape index (κ2) is 9.33. The standard InChI is InChI=1S/C16H18F3N3O5/c1-2-25-5-6-26-7-8-27-13-4-3-11(9-12(13)22(23)24)15-20-10-14(21-15)16(17,18)19/h3-4,9-10H,2,5-8H2,1H3,(H,20,21). The Labute approximate surface area is 152 Å². The number of halogens is 3. The summed E-state index contributed by atoms with van der Waals surface area (Å²) in [5.74, 6) is -0.143. The lowest BCUT2D eigenvalue weighted by Gasteiger charge is -2.08. The molecule has 27 heavy (non-hydrogen) atoms. The summed E-state index contributed by atoms with van der Waals surface area (Å²) in [7, 11) is 0. The Hall–Kier alpha value is -2.66. The monoisotopic (exact) mass is 389 g/mol. The van der Waals surface area contributed by atoms with Gasteiger partial charge in [-0.1, -0.05) is 0 Å². The molecule has 0 fully saturated rings. The lowest BCUT2D eigenvalue weighted by atomic mass is 10.2. The first-order valence-corrected chi connectivity index (χ1v) is 8.02. The second-order valence-electron chi connectivity index (χ2n) is 5.24. The maximum atomic E-state index is 12.6. The number of alkyl halides is 3. The highest BCUT2D eigenvalue weighted by Crippen LogP contribution is 2.33. The van der Waals surface area contributed by atoms with Gasteiger partial charge in [-0.2, -0.15) is 13.2 Å². The second-order valence-corrected chi connectivity index (χ2v) is 5.24. The largest absolute Gasteiger partial charge is 0.484 e. The van der Waals surface area contributed by atoms with Crippen LogP contribution in [-0.2, 0) is 15.7 Å². The van der Waals surface area contributed by atoms with Crippen molar-refractivity contribution >= 4 is 5.69 Å². The van der Waals surface area contributed by atoms with Crippen molar-refractivity contribution in [2.45, 2.75) is 13.1 Å². The molecule has 1 heterocycles. The Kier molecular flexibility index (Phi) is 7.13. The minimum absolute atomic E-state index is 0.0141. The number of ether oxygens (including phenoxy) is 3. The van der Waals surface area contributed by atoms with Crippen molar-refractivity contribution in [3.63, 3.8) is 0 Å². The number of imidazole rings is 1. The minimum Gasteiger partial charge on any atom is -0.484 e. The maximum absolute atomic E-state index is 12.6. The van der Waals surface area contributed by atoms with Gasteiger partial charge in [0.1, 0.15) is 18.1 Å². The molecule has 0 saturated heterocycles. The van der Waals surface area contributed by atoms with E-state index in [0.717, 1.165) is 6.07 Å². The number of nitrogens with one attached hydrogen (secondary N) is 1. The minimum atomic E-state index is -4.58. The van der Waals surface area contributed by atoms with E-state index >= 15 is 0 Å². The van der Waals surface area contributed by atoms with Crippen molar-refractivity contribution in [1.82, 2.24) is 9.97 Å². The molecule has 0 aliphatic rings. The van der Waals surface area contributed by atoms with Gasteiger partial charge in [0.15, 0.2) is 5.75 Å². The summed E-state index contributed by atoms with van der Waals surface area (Å²) >= 11 is 0. The molecule has 0 aliphatic heterocycles. The first kappa shape index (κ1) is 20.6. The van der Waals surface area contributed by atoms with Crippen LogP contribution in [0, 0.1) is 10.1 Å². The van der Waals surface area contributed by atoms with E-state index in [1.807, 2.05) is 6.92 Å². The summed E-state index contributed by atoms with van der Waals surface area (Å²) in [6.07, 6.45) is -3.95. The molecule has 0 bridgehead atoms. The molecule has 8 nitrogen and oxygen atoms in total. The Morgan fingerprint density at radius 2 is 1.89 bits per heavy atom. The molecule has 148 valence electrons. The van der Waals surface area contributed by atoms with Gasteiger partial charge in [-0.3, -0.25) is 10.1 Å². The van der Waals surface area contributed by atoms with Gasteiger partial charge in [0.05, 0.1) is 30.9 Å². The quantitative estimate of drug-likeness (QED) is 0.380. The van der Waals surface area contributed by atoms with Crippen LogP contribution in [0.1, 0.15) is 12.6 Å². The number of H-pyrrole nitrogens is 1. The molecular weight excluding hydrogens is 371 g/mol. The number of nitro benzene ring substituents is 1. The summed E-state index contributed by atoms with van der Waals surface area (Å²) < 4.78 is 53.6. The SMILES string of the molecule is CCOCCOCCOc1ccc(-c2ncc(C(F)(F)F)[nH]2)cc1[N+](=O)[O-]. The van der Waals surface area contributed by atoms with Gasteiger partial charge in [0, 0.05) is 18.2 Å².